The van der Waals surface area contributed by atoms with Gasteiger partial charge in [0.05, 0.1) is 24.6 Å². The van der Waals surface area contributed by atoms with Gasteiger partial charge in [-0.1, -0.05) is 11.6 Å². The zero-order chi connectivity index (χ0) is 21.8. The van der Waals surface area contributed by atoms with Gasteiger partial charge >= 0.3 is 6.03 Å². The highest BCUT2D eigenvalue weighted by Crippen LogP contribution is 2.30. The van der Waals surface area contributed by atoms with E-state index in [2.05, 4.69) is 15.1 Å². The van der Waals surface area contributed by atoms with E-state index in [1.165, 1.54) is 0 Å². The number of piperazine rings is 1. The third-order valence-corrected chi connectivity index (χ3v) is 5.99. The maximum absolute atomic E-state index is 12.9. The van der Waals surface area contributed by atoms with Crippen LogP contribution in [0.3, 0.4) is 0 Å². The second kappa shape index (κ2) is 9.58. The molecular weight excluding hydrogens is 416 g/mol. The average Bonchev–Trinajstić information content (AvgIpc) is 2.80. The smallest absolute Gasteiger partial charge is 0.322 e. The van der Waals surface area contributed by atoms with Gasteiger partial charge in [-0.25, -0.2) is 4.79 Å². The molecule has 0 saturated carbocycles. The molecular formula is C23H27ClN4O3. The normalized spacial score (nSPS) is 16.9. The molecule has 164 valence electrons. The van der Waals surface area contributed by atoms with Crippen molar-refractivity contribution in [3.8, 4) is 0 Å². The van der Waals surface area contributed by atoms with Crippen LogP contribution < -0.4 is 15.1 Å². The monoisotopic (exact) mass is 442 g/mol. The molecule has 2 saturated heterocycles. The number of hydrogen-bond acceptors (Lipinski definition) is 5. The highest BCUT2D eigenvalue weighted by molar-refractivity contribution is 6.31. The Hall–Kier alpha value is -2.77. The number of ketones is 1. The maximum atomic E-state index is 12.9. The van der Waals surface area contributed by atoms with Crippen molar-refractivity contribution in [1.29, 1.82) is 0 Å². The lowest BCUT2D eigenvalue weighted by atomic mass is 10.1. The van der Waals surface area contributed by atoms with Gasteiger partial charge in [-0.3, -0.25) is 4.79 Å². The number of halogens is 1. The van der Waals surface area contributed by atoms with Crippen molar-refractivity contribution >= 4 is 40.5 Å². The molecule has 1 N–H and O–H groups in total. The molecule has 0 aliphatic carbocycles. The summed E-state index contributed by atoms with van der Waals surface area (Å²) in [6.45, 7) is 7.18. The third-order valence-electron chi connectivity index (χ3n) is 5.76. The number of ether oxygens (including phenoxy) is 1. The van der Waals surface area contributed by atoms with Gasteiger partial charge in [0.1, 0.15) is 0 Å². The summed E-state index contributed by atoms with van der Waals surface area (Å²) in [5, 5.41) is 3.65. The molecule has 2 aliphatic rings. The molecule has 0 spiro atoms. The quantitative estimate of drug-likeness (QED) is 0.731. The Kier molecular flexibility index (Phi) is 6.63. The van der Waals surface area contributed by atoms with Crippen LogP contribution in [-0.4, -0.2) is 69.2 Å². The number of nitrogens with zero attached hydrogens (tertiary/aromatic N) is 3. The first kappa shape index (κ1) is 21.5. The van der Waals surface area contributed by atoms with E-state index in [-0.39, 0.29) is 11.8 Å². The Labute approximate surface area is 187 Å². The number of benzene rings is 2. The van der Waals surface area contributed by atoms with Gasteiger partial charge in [0, 0.05) is 55.5 Å². The number of amides is 2. The Morgan fingerprint density at radius 2 is 1.58 bits per heavy atom. The average molecular weight is 443 g/mol. The number of morpholine rings is 1. The van der Waals surface area contributed by atoms with E-state index in [4.69, 9.17) is 16.3 Å². The van der Waals surface area contributed by atoms with E-state index in [9.17, 15) is 9.59 Å². The molecule has 31 heavy (non-hydrogen) atoms. The molecule has 2 fully saturated rings. The summed E-state index contributed by atoms with van der Waals surface area (Å²) in [6, 6.07) is 13.1. The molecule has 4 rings (SSSR count). The van der Waals surface area contributed by atoms with Crippen molar-refractivity contribution in [2.75, 3.05) is 67.6 Å². The van der Waals surface area contributed by atoms with Crippen molar-refractivity contribution in [2.45, 2.75) is 6.92 Å². The fourth-order valence-corrected chi connectivity index (χ4v) is 4.13. The number of carbonyl (C=O) groups is 2. The Morgan fingerprint density at radius 1 is 0.903 bits per heavy atom. The summed E-state index contributed by atoms with van der Waals surface area (Å²) in [6.07, 6.45) is 0. The van der Waals surface area contributed by atoms with Crippen LogP contribution in [0.4, 0.5) is 21.9 Å². The van der Waals surface area contributed by atoms with Crippen molar-refractivity contribution in [1.82, 2.24) is 4.90 Å². The Balaban J connectivity index is 1.38. The number of Topliss-reactive ketones (excluding diaryl/α,β-unsaturated/α-hetero) is 1. The molecule has 0 unspecified atom stereocenters. The van der Waals surface area contributed by atoms with Crippen LogP contribution in [0.5, 0.6) is 0 Å². The van der Waals surface area contributed by atoms with Gasteiger partial charge in [0.2, 0.25) is 0 Å². The number of nitrogens with one attached hydrogen (secondary N) is 1. The number of rotatable bonds is 4. The second-order valence-corrected chi connectivity index (χ2v) is 8.20. The molecule has 2 amide bonds. The van der Waals surface area contributed by atoms with Crippen molar-refractivity contribution in [3.05, 3.63) is 53.1 Å². The first-order valence-corrected chi connectivity index (χ1v) is 10.9. The van der Waals surface area contributed by atoms with Gasteiger partial charge in [0.25, 0.3) is 0 Å². The summed E-state index contributed by atoms with van der Waals surface area (Å²) < 4.78 is 5.44. The molecule has 7 nitrogen and oxygen atoms in total. The van der Waals surface area contributed by atoms with Crippen LogP contribution in [0.15, 0.2) is 42.5 Å². The van der Waals surface area contributed by atoms with E-state index in [1.807, 2.05) is 41.3 Å². The van der Waals surface area contributed by atoms with E-state index < -0.39 is 0 Å². The van der Waals surface area contributed by atoms with Crippen LogP contribution in [-0.2, 0) is 4.74 Å². The number of hydrogen-bond donors (Lipinski definition) is 1. The lowest BCUT2D eigenvalue weighted by Gasteiger charge is -2.36. The van der Waals surface area contributed by atoms with Crippen molar-refractivity contribution in [3.63, 3.8) is 0 Å². The minimum absolute atomic E-state index is 0.0607. The molecule has 2 heterocycles. The SMILES string of the molecule is CC(=O)c1ccc(N2CCN(C(=O)Nc3cc(Cl)ccc3N3CCOCC3)CC2)cc1. The Morgan fingerprint density at radius 3 is 2.23 bits per heavy atom. The molecule has 2 aromatic rings. The van der Waals surface area contributed by atoms with Gasteiger partial charge in [-0.05, 0) is 49.4 Å². The Bertz CT molecular complexity index is 936. The molecule has 8 heteroatoms. The molecule has 0 atom stereocenters. The number of anilines is 3. The molecule has 2 aromatic carbocycles. The van der Waals surface area contributed by atoms with Crippen LogP contribution in [0.2, 0.25) is 5.02 Å². The predicted octanol–water partition coefficient (Wildman–Crippen LogP) is 3.73. The number of urea groups is 1. The minimum atomic E-state index is -0.122. The number of carbonyl (C=O) groups excluding carboxylic acids is 2. The van der Waals surface area contributed by atoms with Gasteiger partial charge in [-0.15, -0.1) is 0 Å². The fraction of sp³-hybridized carbons (Fsp3) is 0.391. The largest absolute Gasteiger partial charge is 0.378 e. The minimum Gasteiger partial charge on any atom is -0.378 e. The highest BCUT2D eigenvalue weighted by Gasteiger charge is 2.23. The van der Waals surface area contributed by atoms with Crippen molar-refractivity contribution in [2.24, 2.45) is 0 Å². The summed E-state index contributed by atoms with van der Waals surface area (Å²) in [4.78, 5) is 30.7. The topological polar surface area (TPSA) is 65.1 Å². The summed E-state index contributed by atoms with van der Waals surface area (Å²) in [7, 11) is 0. The second-order valence-electron chi connectivity index (χ2n) is 7.77. The first-order chi connectivity index (χ1) is 15.0. The zero-order valence-electron chi connectivity index (χ0n) is 17.6. The zero-order valence-corrected chi connectivity index (χ0v) is 18.4. The van der Waals surface area contributed by atoms with Crippen LogP contribution in [0.25, 0.3) is 0 Å². The molecule has 0 bridgehead atoms. The van der Waals surface area contributed by atoms with Crippen LogP contribution in [0.1, 0.15) is 17.3 Å². The van der Waals surface area contributed by atoms with Gasteiger partial charge in [0.15, 0.2) is 5.78 Å². The lowest BCUT2D eigenvalue weighted by molar-refractivity contribution is 0.101. The molecule has 0 aromatic heterocycles. The highest BCUT2D eigenvalue weighted by atomic mass is 35.5. The molecule has 2 aliphatic heterocycles. The lowest BCUT2D eigenvalue weighted by Crippen LogP contribution is -2.50. The first-order valence-electron chi connectivity index (χ1n) is 10.6. The van der Waals surface area contributed by atoms with Crippen molar-refractivity contribution < 1.29 is 14.3 Å². The van der Waals surface area contributed by atoms with Crippen LogP contribution >= 0.6 is 11.6 Å². The standard InChI is InChI=1S/C23H27ClN4O3/c1-17(29)18-2-5-20(6-3-18)26-8-10-28(11-9-26)23(30)25-21-16-19(24)4-7-22(21)27-12-14-31-15-13-27/h2-7,16H,8-15H2,1H3,(H,25,30). The predicted molar refractivity (Wildman–Crippen MR) is 124 cm³/mol. The summed E-state index contributed by atoms with van der Waals surface area (Å²) >= 11 is 6.21. The summed E-state index contributed by atoms with van der Waals surface area (Å²) in [5.41, 5.74) is 3.46. The van der Waals surface area contributed by atoms with E-state index in [0.29, 0.717) is 36.9 Å². The van der Waals surface area contributed by atoms with Crippen LogP contribution in [0, 0.1) is 0 Å². The van der Waals surface area contributed by atoms with E-state index in [0.717, 1.165) is 43.2 Å². The summed E-state index contributed by atoms with van der Waals surface area (Å²) in [5.74, 6) is 0.0607. The third kappa shape index (κ3) is 5.11. The van der Waals surface area contributed by atoms with Gasteiger partial charge in [-0.2, -0.15) is 0 Å². The molecule has 0 radical (unpaired) electrons. The van der Waals surface area contributed by atoms with E-state index >= 15 is 0 Å². The fourth-order valence-electron chi connectivity index (χ4n) is 3.96. The maximum Gasteiger partial charge on any atom is 0.322 e. The van der Waals surface area contributed by atoms with Gasteiger partial charge < -0.3 is 24.8 Å². The van der Waals surface area contributed by atoms with E-state index in [1.54, 1.807) is 13.0 Å².